The molecule has 1 aliphatic rings. The van der Waals surface area contributed by atoms with Gasteiger partial charge in [0.25, 0.3) is 0 Å². The van der Waals surface area contributed by atoms with Crippen molar-refractivity contribution in [1.82, 2.24) is 0 Å². The van der Waals surface area contributed by atoms with E-state index in [1.54, 1.807) is 0 Å². The van der Waals surface area contributed by atoms with Gasteiger partial charge in [0.2, 0.25) is 0 Å². The van der Waals surface area contributed by atoms with Crippen LogP contribution in [0.5, 0.6) is 0 Å². The number of anilines is 1. The minimum Gasteiger partial charge on any atom is -0.314 e. The van der Waals surface area contributed by atoms with Gasteiger partial charge in [0.05, 0.1) is 5.69 Å². The molecule has 0 radical (unpaired) electrons. The minimum atomic E-state index is -0.135. The van der Waals surface area contributed by atoms with Crippen LogP contribution in [0.15, 0.2) is 163 Å². The molecule has 1 heteroatoms. The van der Waals surface area contributed by atoms with Crippen molar-refractivity contribution in [2.75, 3.05) is 4.90 Å². The third-order valence-corrected chi connectivity index (χ3v) is 10.9. The van der Waals surface area contributed by atoms with E-state index in [1.807, 2.05) is 12.1 Å². The molecular weight excluding hydrogens is 675 g/mol. The van der Waals surface area contributed by atoms with Crippen molar-refractivity contribution < 1.29 is 0 Å². The summed E-state index contributed by atoms with van der Waals surface area (Å²) in [5.41, 5.74) is 17.0. The van der Waals surface area contributed by atoms with Crippen molar-refractivity contribution in [1.29, 1.82) is 0 Å². The Kier molecular flexibility index (Phi) is 13.6. The van der Waals surface area contributed by atoms with Crippen LogP contribution in [0.25, 0.3) is 27.8 Å². The van der Waals surface area contributed by atoms with Crippen molar-refractivity contribution in [2.24, 2.45) is 0 Å². The quantitative estimate of drug-likeness (QED) is 0.0921. The first-order valence-electron chi connectivity index (χ1n) is 20.3. The fraction of sp³-hybridized carbons (Fsp3) is 0.273. The standard InChI is InChI=1S/C55H61N/c1-12-17-29-46(30-23-26-41(15-4)24-13-2)56(40(6)33-34-43(16-5)44-27-19-18-20-28-44)52-38-42(25-14-3)37-51(54(7,8)9)53(52)45-35-36-48-47-31-21-22-32-49(47)55(10,11)50(48)39-45/h1,13,15-16,18-24,27-39H,5,14,17,25-26H2,2-4,6-11H3/b24-13-,30-23-,40-33+,41-15+,43-34+,46-29+. The SMILES string of the molecule is C#CC/C=C(\C=C/CC(/C=C\C)=C/C)N(/C(C)=C/C=C(\C=C)c1ccccc1)c1cc(CCC)cc(C(C)(C)C)c1-c1ccc2c(c1)C(C)(C)c1ccccc1-2. The molecule has 0 bridgehead atoms. The first-order chi connectivity index (χ1) is 26.9. The second-order valence-electron chi connectivity index (χ2n) is 16.3. The Labute approximate surface area is 339 Å². The van der Waals surface area contributed by atoms with Gasteiger partial charge in [-0.25, -0.2) is 0 Å². The van der Waals surface area contributed by atoms with Gasteiger partial charge in [0.15, 0.2) is 0 Å². The predicted molar refractivity (Wildman–Crippen MR) is 247 cm³/mol. The molecule has 4 aromatic rings. The number of benzene rings is 4. The molecule has 0 aliphatic heterocycles. The normalized spacial score (nSPS) is 14.6. The third kappa shape index (κ3) is 9.09. The Morgan fingerprint density at radius 2 is 1.59 bits per heavy atom. The molecule has 0 aromatic heterocycles. The van der Waals surface area contributed by atoms with Crippen molar-refractivity contribution >= 4 is 11.3 Å². The highest BCUT2D eigenvalue weighted by molar-refractivity contribution is 5.90. The summed E-state index contributed by atoms with van der Waals surface area (Å²) in [6.45, 7) is 24.6. The van der Waals surface area contributed by atoms with Gasteiger partial charge in [-0.1, -0.05) is 164 Å². The summed E-state index contributed by atoms with van der Waals surface area (Å²) in [7, 11) is 0. The first kappa shape index (κ1) is 41.6. The summed E-state index contributed by atoms with van der Waals surface area (Å²) in [5.74, 6) is 2.91. The van der Waals surface area contributed by atoms with E-state index in [2.05, 4.69) is 207 Å². The summed E-state index contributed by atoms with van der Waals surface area (Å²) in [4.78, 5) is 2.44. The number of rotatable bonds is 14. The number of terminal acetylenes is 1. The van der Waals surface area contributed by atoms with E-state index in [-0.39, 0.29) is 10.8 Å². The van der Waals surface area contributed by atoms with Gasteiger partial charge in [0, 0.05) is 28.8 Å². The largest absolute Gasteiger partial charge is 0.314 e. The zero-order valence-electron chi connectivity index (χ0n) is 35.3. The molecule has 0 unspecified atom stereocenters. The number of allylic oxidation sites excluding steroid dienone is 12. The van der Waals surface area contributed by atoms with Crippen LogP contribution in [0.4, 0.5) is 5.69 Å². The lowest BCUT2D eigenvalue weighted by atomic mass is 9.77. The average Bonchev–Trinajstić information content (AvgIpc) is 3.42. The maximum absolute atomic E-state index is 6.00. The Morgan fingerprint density at radius 3 is 2.25 bits per heavy atom. The number of hydrogen-bond donors (Lipinski definition) is 0. The smallest absolute Gasteiger partial charge is 0.0542 e. The zero-order valence-corrected chi connectivity index (χ0v) is 35.3. The van der Waals surface area contributed by atoms with Crippen molar-refractivity contribution in [3.05, 3.63) is 191 Å². The lowest BCUT2D eigenvalue weighted by Crippen LogP contribution is -2.23. The molecule has 5 rings (SSSR count). The molecule has 1 nitrogen and oxygen atoms in total. The average molecular weight is 736 g/mol. The highest BCUT2D eigenvalue weighted by atomic mass is 15.2. The molecule has 0 heterocycles. The summed E-state index contributed by atoms with van der Waals surface area (Å²) in [6, 6.07) is 31.4. The fourth-order valence-corrected chi connectivity index (χ4v) is 7.99. The zero-order chi connectivity index (χ0) is 40.5. The van der Waals surface area contributed by atoms with Crippen LogP contribution >= 0.6 is 0 Å². The number of fused-ring (bicyclic) bond motifs is 3. The first-order valence-corrected chi connectivity index (χ1v) is 20.3. The highest BCUT2D eigenvalue weighted by Gasteiger charge is 2.36. The van der Waals surface area contributed by atoms with E-state index in [0.717, 1.165) is 47.5 Å². The van der Waals surface area contributed by atoms with E-state index in [9.17, 15) is 0 Å². The highest BCUT2D eigenvalue weighted by Crippen LogP contribution is 2.51. The van der Waals surface area contributed by atoms with E-state index in [0.29, 0.717) is 6.42 Å². The van der Waals surface area contributed by atoms with Crippen LogP contribution in [0.3, 0.4) is 0 Å². The van der Waals surface area contributed by atoms with Gasteiger partial charge < -0.3 is 4.90 Å². The van der Waals surface area contributed by atoms with Crippen LogP contribution in [0.1, 0.15) is 109 Å². The fourth-order valence-electron chi connectivity index (χ4n) is 7.99. The molecule has 0 spiro atoms. The number of nitrogens with zero attached hydrogens (tertiary/aromatic N) is 1. The lowest BCUT2D eigenvalue weighted by Gasteiger charge is -2.34. The van der Waals surface area contributed by atoms with E-state index in [1.165, 1.54) is 50.1 Å². The second kappa shape index (κ2) is 18.4. The van der Waals surface area contributed by atoms with Crippen molar-refractivity contribution in [3.63, 3.8) is 0 Å². The Morgan fingerprint density at radius 1 is 0.875 bits per heavy atom. The molecule has 4 aromatic carbocycles. The molecule has 0 fully saturated rings. The van der Waals surface area contributed by atoms with Gasteiger partial charge in [0.1, 0.15) is 0 Å². The van der Waals surface area contributed by atoms with Crippen LogP contribution in [-0.2, 0) is 17.3 Å². The monoisotopic (exact) mass is 735 g/mol. The summed E-state index contributed by atoms with van der Waals surface area (Å²) in [6.07, 6.45) is 28.9. The van der Waals surface area contributed by atoms with Crippen LogP contribution in [0.2, 0.25) is 0 Å². The predicted octanol–water partition coefficient (Wildman–Crippen LogP) is 15.3. The van der Waals surface area contributed by atoms with Crippen molar-refractivity contribution in [2.45, 2.75) is 98.8 Å². The van der Waals surface area contributed by atoms with E-state index < -0.39 is 0 Å². The van der Waals surface area contributed by atoms with Crippen molar-refractivity contribution in [3.8, 4) is 34.6 Å². The van der Waals surface area contributed by atoms with E-state index in [4.69, 9.17) is 6.42 Å². The third-order valence-electron chi connectivity index (χ3n) is 10.9. The van der Waals surface area contributed by atoms with Gasteiger partial charge in [-0.3, -0.25) is 0 Å². The Hall–Kier alpha value is -5.58. The summed E-state index contributed by atoms with van der Waals surface area (Å²) >= 11 is 0. The molecule has 286 valence electrons. The topological polar surface area (TPSA) is 3.24 Å². The van der Waals surface area contributed by atoms with Crippen LogP contribution in [0, 0.1) is 12.3 Å². The Balaban J connectivity index is 1.86. The van der Waals surface area contributed by atoms with Crippen LogP contribution in [-0.4, -0.2) is 0 Å². The number of aryl methyl sites for hydroxylation is 1. The van der Waals surface area contributed by atoms with Gasteiger partial charge in [-0.05, 0) is 125 Å². The molecule has 0 amide bonds. The second-order valence-corrected chi connectivity index (χ2v) is 16.3. The molecular formula is C55H61N. The number of hydrogen-bond acceptors (Lipinski definition) is 1. The molecule has 1 aliphatic carbocycles. The molecule has 0 N–H and O–H groups in total. The molecule has 0 saturated heterocycles. The maximum atomic E-state index is 6.00. The summed E-state index contributed by atoms with van der Waals surface area (Å²) in [5, 5.41) is 0. The minimum absolute atomic E-state index is 0.122. The van der Waals surface area contributed by atoms with Gasteiger partial charge in [-0.2, -0.15) is 0 Å². The van der Waals surface area contributed by atoms with Gasteiger partial charge >= 0.3 is 0 Å². The Bertz CT molecular complexity index is 2260. The molecule has 0 saturated carbocycles. The van der Waals surface area contributed by atoms with Crippen LogP contribution < -0.4 is 4.90 Å². The van der Waals surface area contributed by atoms with E-state index >= 15 is 0 Å². The summed E-state index contributed by atoms with van der Waals surface area (Å²) < 4.78 is 0. The molecule has 56 heavy (non-hydrogen) atoms. The van der Waals surface area contributed by atoms with Gasteiger partial charge in [-0.15, -0.1) is 12.3 Å². The maximum Gasteiger partial charge on any atom is 0.0542 e. The molecule has 0 atom stereocenters. The lowest BCUT2D eigenvalue weighted by molar-refractivity contribution is 0.590.